The highest BCUT2D eigenvalue weighted by molar-refractivity contribution is 6.30. The van der Waals surface area contributed by atoms with Gasteiger partial charge in [0.1, 0.15) is 5.60 Å². The molecule has 4 nitrogen and oxygen atoms in total. The molecule has 4 aliphatic rings. The van der Waals surface area contributed by atoms with Crippen LogP contribution in [0.2, 0.25) is 5.02 Å². The zero-order chi connectivity index (χ0) is 25.1. The lowest BCUT2D eigenvalue weighted by atomic mass is 9.46. The third-order valence-corrected chi connectivity index (χ3v) is 10.9. The Morgan fingerprint density at radius 3 is 2.46 bits per heavy atom. The molecule has 0 aliphatic heterocycles. The van der Waals surface area contributed by atoms with Gasteiger partial charge in [-0.1, -0.05) is 49.2 Å². The lowest BCUT2D eigenvalue weighted by Crippen LogP contribution is -2.58. The fourth-order valence-electron chi connectivity index (χ4n) is 8.70. The number of carbonyl (C=O) groups is 1. The van der Waals surface area contributed by atoms with E-state index in [2.05, 4.69) is 19.9 Å². The molecule has 3 saturated carbocycles. The molecule has 0 spiro atoms. The standard InChI is InChI=1S/C30H41ClO4/c1-5-34-30(20(2)32)15-13-26-24-11-8-22-18-29(33,35-19-21-6-9-23(31)10-7-21)17-16-27(22,3)25(24)12-14-28(26,30)4/h6-10,24-26,33H,5,11-19H2,1-4H3/t24-,25+,26+,27+,28+,29?,30+/m1/s1. The topological polar surface area (TPSA) is 55.8 Å². The number of benzene rings is 1. The van der Waals surface area contributed by atoms with E-state index >= 15 is 0 Å². The Labute approximate surface area is 215 Å². The number of ether oxygens (including phenoxy) is 2. The van der Waals surface area contributed by atoms with Crippen LogP contribution in [0.1, 0.15) is 84.6 Å². The molecule has 3 fully saturated rings. The highest BCUT2D eigenvalue weighted by Crippen LogP contribution is 2.68. The first kappa shape index (κ1) is 25.4. The monoisotopic (exact) mass is 500 g/mol. The van der Waals surface area contributed by atoms with Crippen molar-refractivity contribution in [3.63, 3.8) is 0 Å². The predicted molar refractivity (Wildman–Crippen MR) is 138 cm³/mol. The number of aliphatic hydroxyl groups is 1. The van der Waals surface area contributed by atoms with E-state index in [4.69, 9.17) is 21.1 Å². The Balaban J connectivity index is 1.35. The van der Waals surface area contributed by atoms with E-state index in [1.165, 1.54) is 5.57 Å². The van der Waals surface area contributed by atoms with Crippen LogP contribution in [0.3, 0.4) is 0 Å². The SMILES string of the molecule is CCO[C@]1(C(C)=O)CC[C@H]2[C@@H]3CC=C4CC(O)(OCc5ccc(Cl)cc5)CC[C@]4(C)[C@H]3CC[C@@]21C. The zero-order valence-electron chi connectivity index (χ0n) is 21.7. The van der Waals surface area contributed by atoms with Gasteiger partial charge in [0.25, 0.3) is 0 Å². The molecule has 5 heteroatoms. The van der Waals surface area contributed by atoms with Crippen molar-refractivity contribution in [1.29, 1.82) is 0 Å². The molecule has 0 amide bonds. The van der Waals surface area contributed by atoms with Crippen LogP contribution in [0.25, 0.3) is 0 Å². The maximum atomic E-state index is 12.9. The summed E-state index contributed by atoms with van der Waals surface area (Å²) in [4.78, 5) is 12.9. The lowest BCUT2D eigenvalue weighted by molar-refractivity contribution is -0.232. The number of hydrogen-bond donors (Lipinski definition) is 1. The van der Waals surface area contributed by atoms with Crippen LogP contribution >= 0.6 is 11.6 Å². The van der Waals surface area contributed by atoms with Gasteiger partial charge < -0.3 is 14.6 Å². The summed E-state index contributed by atoms with van der Waals surface area (Å²) in [5.41, 5.74) is 1.77. The quantitative estimate of drug-likeness (QED) is 0.342. The second-order valence-electron chi connectivity index (χ2n) is 12.1. The minimum absolute atomic E-state index is 0.0885. The average molecular weight is 501 g/mol. The molecule has 4 aliphatic carbocycles. The minimum Gasteiger partial charge on any atom is -0.367 e. The van der Waals surface area contributed by atoms with Crippen LogP contribution in [0.5, 0.6) is 0 Å². The largest absolute Gasteiger partial charge is 0.367 e. The van der Waals surface area contributed by atoms with E-state index < -0.39 is 11.4 Å². The van der Waals surface area contributed by atoms with Crippen molar-refractivity contribution in [3.8, 4) is 0 Å². The third-order valence-electron chi connectivity index (χ3n) is 10.6. The fourth-order valence-corrected chi connectivity index (χ4v) is 8.83. The molecular weight excluding hydrogens is 460 g/mol. The van der Waals surface area contributed by atoms with Gasteiger partial charge in [-0.2, -0.15) is 0 Å². The van der Waals surface area contributed by atoms with Gasteiger partial charge in [0.2, 0.25) is 0 Å². The first-order valence-electron chi connectivity index (χ1n) is 13.5. The molecule has 1 unspecified atom stereocenters. The number of hydrogen-bond acceptors (Lipinski definition) is 4. The fraction of sp³-hybridized carbons (Fsp3) is 0.700. The van der Waals surface area contributed by atoms with Gasteiger partial charge in [0.05, 0.1) is 6.61 Å². The number of Topliss-reactive ketones (excluding diaryl/α,β-unsaturated/α-hetero) is 1. The summed E-state index contributed by atoms with van der Waals surface area (Å²) in [5.74, 6) is 0.763. The number of ketones is 1. The van der Waals surface area contributed by atoms with E-state index in [0.29, 0.717) is 48.8 Å². The molecule has 1 aromatic carbocycles. The molecule has 7 atom stereocenters. The van der Waals surface area contributed by atoms with Gasteiger partial charge in [0.15, 0.2) is 11.6 Å². The molecule has 0 aromatic heterocycles. The summed E-state index contributed by atoms with van der Waals surface area (Å²) < 4.78 is 12.4. The molecule has 1 aromatic rings. The molecule has 1 N–H and O–H groups in total. The Kier molecular flexibility index (Phi) is 6.52. The Bertz CT molecular complexity index is 1000. The van der Waals surface area contributed by atoms with Crippen molar-refractivity contribution < 1.29 is 19.4 Å². The Hall–Kier alpha value is -1.20. The summed E-state index contributed by atoms with van der Waals surface area (Å²) in [5, 5.41) is 12.1. The van der Waals surface area contributed by atoms with Gasteiger partial charge in [0, 0.05) is 29.9 Å². The summed E-state index contributed by atoms with van der Waals surface area (Å²) in [6.07, 6.45) is 9.70. The lowest BCUT2D eigenvalue weighted by Gasteiger charge is -2.60. The Morgan fingerprint density at radius 2 is 1.77 bits per heavy atom. The van der Waals surface area contributed by atoms with E-state index in [9.17, 15) is 9.90 Å². The van der Waals surface area contributed by atoms with Crippen LogP contribution in [0.4, 0.5) is 0 Å². The van der Waals surface area contributed by atoms with Crippen molar-refractivity contribution in [2.75, 3.05) is 6.61 Å². The van der Waals surface area contributed by atoms with Crippen LogP contribution < -0.4 is 0 Å². The third kappa shape index (κ3) is 3.95. The molecule has 5 rings (SSSR count). The van der Waals surface area contributed by atoms with Gasteiger partial charge in [-0.3, -0.25) is 4.79 Å². The van der Waals surface area contributed by atoms with Gasteiger partial charge >= 0.3 is 0 Å². The van der Waals surface area contributed by atoms with Crippen LogP contribution in [0.15, 0.2) is 35.9 Å². The highest BCUT2D eigenvalue weighted by atomic mass is 35.5. The highest BCUT2D eigenvalue weighted by Gasteiger charge is 2.66. The van der Waals surface area contributed by atoms with E-state index in [1.54, 1.807) is 6.92 Å². The number of carbonyl (C=O) groups excluding carboxylic acids is 1. The van der Waals surface area contributed by atoms with Crippen LogP contribution in [-0.4, -0.2) is 28.9 Å². The second-order valence-corrected chi connectivity index (χ2v) is 12.5. The van der Waals surface area contributed by atoms with Crippen molar-refractivity contribution in [1.82, 2.24) is 0 Å². The predicted octanol–water partition coefficient (Wildman–Crippen LogP) is 6.87. The van der Waals surface area contributed by atoms with Crippen molar-refractivity contribution in [2.45, 2.75) is 97.1 Å². The first-order chi connectivity index (χ1) is 16.6. The maximum absolute atomic E-state index is 12.9. The summed E-state index contributed by atoms with van der Waals surface area (Å²) in [7, 11) is 0. The van der Waals surface area contributed by atoms with E-state index in [1.807, 2.05) is 31.2 Å². The van der Waals surface area contributed by atoms with Crippen molar-refractivity contribution >= 4 is 17.4 Å². The summed E-state index contributed by atoms with van der Waals surface area (Å²) in [6, 6.07) is 7.62. The van der Waals surface area contributed by atoms with Crippen molar-refractivity contribution in [3.05, 3.63) is 46.5 Å². The molecule has 0 bridgehead atoms. The summed E-state index contributed by atoms with van der Waals surface area (Å²) >= 11 is 6.00. The molecule has 35 heavy (non-hydrogen) atoms. The number of halogens is 1. The minimum atomic E-state index is -1.12. The van der Waals surface area contributed by atoms with Gasteiger partial charge in [-0.15, -0.1) is 0 Å². The van der Waals surface area contributed by atoms with Gasteiger partial charge in [-0.25, -0.2) is 0 Å². The van der Waals surface area contributed by atoms with Crippen molar-refractivity contribution in [2.24, 2.45) is 28.6 Å². The first-order valence-corrected chi connectivity index (χ1v) is 13.9. The smallest absolute Gasteiger partial charge is 0.169 e. The molecule has 0 saturated heterocycles. The molecule has 0 radical (unpaired) electrons. The van der Waals surface area contributed by atoms with E-state index in [-0.39, 0.29) is 16.6 Å². The number of fused-ring (bicyclic) bond motifs is 5. The van der Waals surface area contributed by atoms with Crippen LogP contribution in [-0.2, 0) is 20.9 Å². The molecular formula is C30H41ClO4. The van der Waals surface area contributed by atoms with Gasteiger partial charge in [-0.05, 0) is 93.2 Å². The molecule has 192 valence electrons. The zero-order valence-corrected chi connectivity index (χ0v) is 22.5. The molecule has 0 heterocycles. The van der Waals surface area contributed by atoms with E-state index in [0.717, 1.165) is 44.1 Å². The average Bonchev–Trinajstić information content (AvgIpc) is 3.13. The maximum Gasteiger partial charge on any atom is 0.169 e. The number of rotatable bonds is 6. The summed E-state index contributed by atoms with van der Waals surface area (Å²) in [6.45, 7) is 9.49. The number of allylic oxidation sites excluding steroid dienone is 1. The second kappa shape index (κ2) is 8.97. The van der Waals surface area contributed by atoms with Crippen LogP contribution in [0, 0.1) is 28.6 Å². The normalized spacial score (nSPS) is 42.6. The Morgan fingerprint density at radius 1 is 1.06 bits per heavy atom.